The summed E-state index contributed by atoms with van der Waals surface area (Å²) in [5, 5.41) is 3.46. The lowest BCUT2D eigenvalue weighted by molar-refractivity contribution is 0.303. The van der Waals surface area contributed by atoms with Gasteiger partial charge in [0.05, 0.1) is 0 Å². The Morgan fingerprint density at radius 2 is 0.818 bits per heavy atom. The highest BCUT2D eigenvalue weighted by Crippen LogP contribution is 2.08. The minimum atomic E-state index is 0.234. The fourth-order valence-electron chi connectivity index (χ4n) is 1.12. The summed E-state index contributed by atoms with van der Waals surface area (Å²) in [4.78, 5) is 0. The van der Waals surface area contributed by atoms with Crippen molar-refractivity contribution in [3.63, 3.8) is 0 Å². The lowest BCUT2D eigenvalue weighted by atomic mass is 10.0. The lowest BCUT2D eigenvalue weighted by Crippen LogP contribution is -2.48. The molecule has 0 amide bonds. The van der Waals surface area contributed by atoms with E-state index in [0.717, 1.165) is 0 Å². The largest absolute Gasteiger partial charge is 0.307 e. The highest BCUT2D eigenvalue weighted by atomic mass is 15.0. The Morgan fingerprint density at radius 1 is 0.636 bits per heavy atom. The van der Waals surface area contributed by atoms with Crippen LogP contribution in [0.2, 0.25) is 0 Å². The summed E-state index contributed by atoms with van der Waals surface area (Å²) in [6.07, 6.45) is 0. The van der Waals surface area contributed by atoms with Gasteiger partial charge in [-0.25, -0.2) is 0 Å². The fourth-order valence-corrected chi connectivity index (χ4v) is 1.12. The zero-order valence-electron chi connectivity index (χ0n) is 9.50. The van der Waals surface area contributed by atoms with E-state index in [1.807, 2.05) is 13.8 Å². The topological polar surface area (TPSA) is 12.0 Å². The fraction of sp³-hybridized carbons (Fsp3) is 1.00. The van der Waals surface area contributed by atoms with Gasteiger partial charge in [0.1, 0.15) is 0 Å². The van der Waals surface area contributed by atoms with Crippen molar-refractivity contribution < 1.29 is 0 Å². The van der Waals surface area contributed by atoms with Crippen LogP contribution in [0, 0.1) is 0 Å². The van der Waals surface area contributed by atoms with E-state index in [1.54, 1.807) is 0 Å². The number of hydrogen-bond donors (Lipinski definition) is 1. The average Bonchev–Trinajstić information content (AvgIpc) is 1.60. The molecular weight excluding hydrogens is 134 g/mol. The predicted octanol–water partition coefficient (Wildman–Crippen LogP) is 3.20. The maximum absolute atomic E-state index is 3.46. The summed E-state index contributed by atoms with van der Waals surface area (Å²) >= 11 is 0. The van der Waals surface area contributed by atoms with Gasteiger partial charge in [0, 0.05) is 11.1 Å². The molecule has 11 heavy (non-hydrogen) atoms. The average molecular weight is 159 g/mol. The van der Waals surface area contributed by atoms with Gasteiger partial charge in [-0.3, -0.25) is 0 Å². The standard InChI is InChI=1S/C8H19N.C2H6/c1-7(2,3)9-8(4,5)6;1-2/h9H,1-6H3;1-2H3. The number of rotatable bonds is 0. The van der Waals surface area contributed by atoms with E-state index in [1.165, 1.54) is 0 Å². The summed E-state index contributed by atoms with van der Waals surface area (Å²) in [7, 11) is 0. The molecule has 0 aromatic heterocycles. The van der Waals surface area contributed by atoms with E-state index >= 15 is 0 Å². The Hall–Kier alpha value is -0.0400. The van der Waals surface area contributed by atoms with Gasteiger partial charge >= 0.3 is 0 Å². The summed E-state index contributed by atoms with van der Waals surface area (Å²) in [6, 6.07) is 0. The van der Waals surface area contributed by atoms with Crippen LogP contribution in [0.1, 0.15) is 55.4 Å². The third-order valence-corrected chi connectivity index (χ3v) is 0.750. The molecule has 1 nitrogen and oxygen atoms in total. The summed E-state index contributed by atoms with van der Waals surface area (Å²) < 4.78 is 0. The van der Waals surface area contributed by atoms with Crippen molar-refractivity contribution >= 4 is 0 Å². The van der Waals surface area contributed by atoms with Gasteiger partial charge in [0.2, 0.25) is 0 Å². The van der Waals surface area contributed by atoms with Gasteiger partial charge in [0.15, 0.2) is 0 Å². The molecule has 0 bridgehead atoms. The summed E-state index contributed by atoms with van der Waals surface area (Å²) in [5.74, 6) is 0. The highest BCUT2D eigenvalue weighted by molar-refractivity contribution is 4.80. The molecular formula is C10H25N. The Kier molecular flexibility index (Phi) is 5.86. The normalized spacial score (nSPS) is 12.0. The molecule has 0 atom stereocenters. The molecule has 0 unspecified atom stereocenters. The molecule has 0 aliphatic rings. The van der Waals surface area contributed by atoms with Crippen LogP contribution in [0.4, 0.5) is 0 Å². The van der Waals surface area contributed by atoms with E-state index < -0.39 is 0 Å². The Bertz CT molecular complexity index is 70.0. The van der Waals surface area contributed by atoms with E-state index in [0.29, 0.717) is 0 Å². The van der Waals surface area contributed by atoms with Gasteiger partial charge in [-0.05, 0) is 41.5 Å². The molecule has 70 valence electrons. The van der Waals surface area contributed by atoms with Gasteiger partial charge in [-0.15, -0.1) is 0 Å². The number of hydrogen-bond acceptors (Lipinski definition) is 1. The first-order valence-corrected chi connectivity index (χ1v) is 4.50. The first kappa shape index (κ1) is 13.5. The van der Waals surface area contributed by atoms with E-state index in [2.05, 4.69) is 46.9 Å². The summed E-state index contributed by atoms with van der Waals surface area (Å²) in [6.45, 7) is 17.1. The molecule has 0 aliphatic carbocycles. The minimum Gasteiger partial charge on any atom is -0.307 e. The van der Waals surface area contributed by atoms with Crippen molar-refractivity contribution in [1.82, 2.24) is 5.32 Å². The first-order valence-electron chi connectivity index (χ1n) is 4.50. The van der Waals surface area contributed by atoms with Crippen molar-refractivity contribution in [2.45, 2.75) is 66.5 Å². The van der Waals surface area contributed by atoms with Crippen LogP contribution < -0.4 is 5.32 Å². The second-order valence-corrected chi connectivity index (χ2v) is 4.62. The molecule has 0 aliphatic heterocycles. The molecule has 1 heteroatoms. The Labute approximate surface area is 72.6 Å². The van der Waals surface area contributed by atoms with Crippen molar-refractivity contribution in [1.29, 1.82) is 0 Å². The molecule has 0 saturated carbocycles. The van der Waals surface area contributed by atoms with E-state index in [4.69, 9.17) is 0 Å². The van der Waals surface area contributed by atoms with Crippen molar-refractivity contribution in [3.05, 3.63) is 0 Å². The van der Waals surface area contributed by atoms with Crippen LogP contribution in [0.5, 0.6) is 0 Å². The van der Waals surface area contributed by atoms with Gasteiger partial charge < -0.3 is 5.32 Å². The zero-order valence-corrected chi connectivity index (χ0v) is 9.50. The Balaban J connectivity index is 0. The van der Waals surface area contributed by atoms with Crippen LogP contribution in [-0.2, 0) is 0 Å². The molecule has 0 radical (unpaired) electrons. The van der Waals surface area contributed by atoms with Crippen LogP contribution in [0.25, 0.3) is 0 Å². The van der Waals surface area contributed by atoms with Crippen LogP contribution in [0.3, 0.4) is 0 Å². The first-order chi connectivity index (χ1) is 4.71. The van der Waals surface area contributed by atoms with Crippen LogP contribution >= 0.6 is 0 Å². The lowest BCUT2D eigenvalue weighted by Gasteiger charge is -2.31. The second-order valence-electron chi connectivity index (χ2n) is 4.62. The van der Waals surface area contributed by atoms with Gasteiger partial charge in [0.25, 0.3) is 0 Å². The SMILES string of the molecule is CC.CC(C)(C)NC(C)(C)C. The minimum absolute atomic E-state index is 0.234. The molecule has 0 rings (SSSR count). The molecule has 0 spiro atoms. The highest BCUT2D eigenvalue weighted by Gasteiger charge is 2.17. The smallest absolute Gasteiger partial charge is 0.0101 e. The van der Waals surface area contributed by atoms with Crippen molar-refractivity contribution in [2.75, 3.05) is 0 Å². The molecule has 0 saturated heterocycles. The molecule has 0 aromatic rings. The maximum atomic E-state index is 3.46. The number of nitrogens with one attached hydrogen (secondary N) is 1. The predicted molar refractivity (Wildman–Crippen MR) is 54.0 cm³/mol. The van der Waals surface area contributed by atoms with E-state index in [9.17, 15) is 0 Å². The monoisotopic (exact) mass is 159 g/mol. The third-order valence-electron chi connectivity index (χ3n) is 0.750. The maximum Gasteiger partial charge on any atom is 0.0101 e. The quantitative estimate of drug-likeness (QED) is 0.572. The van der Waals surface area contributed by atoms with Gasteiger partial charge in [-0.2, -0.15) is 0 Å². The summed E-state index contributed by atoms with van der Waals surface area (Å²) in [5.41, 5.74) is 0.469. The zero-order chi connectivity index (χ0) is 9.71. The molecule has 0 aromatic carbocycles. The third kappa shape index (κ3) is 17.8. The molecule has 1 N–H and O–H groups in total. The molecule has 0 heterocycles. The van der Waals surface area contributed by atoms with Crippen LogP contribution in [-0.4, -0.2) is 11.1 Å². The van der Waals surface area contributed by atoms with Crippen molar-refractivity contribution in [2.24, 2.45) is 0 Å². The van der Waals surface area contributed by atoms with E-state index in [-0.39, 0.29) is 11.1 Å². The van der Waals surface area contributed by atoms with Gasteiger partial charge in [-0.1, -0.05) is 13.8 Å². The Morgan fingerprint density at radius 3 is 0.818 bits per heavy atom. The van der Waals surface area contributed by atoms with Crippen molar-refractivity contribution in [3.8, 4) is 0 Å². The molecule has 0 fully saturated rings. The second kappa shape index (κ2) is 4.76. The van der Waals surface area contributed by atoms with Crippen LogP contribution in [0.15, 0.2) is 0 Å².